The SMILES string of the molecule is C=C(C)[C@@H]1CC[C@]2(C)CC[C@]3(C)[C@H](CC[C@H]4[C@@]5(C)C(OC(=O)C(=O)CCCCCCCCCCCCCCCCCCCCCCCCCC)C[C@H](O)C(C)(C)[C@H]5CC[C@]43C)[C@@H]12. The lowest BCUT2D eigenvalue weighted by atomic mass is 9.32. The molecule has 5 saturated carbocycles. The lowest BCUT2D eigenvalue weighted by molar-refractivity contribution is -0.276. The molecule has 1 unspecified atom stereocenters. The van der Waals surface area contributed by atoms with E-state index in [0.717, 1.165) is 32.1 Å². The van der Waals surface area contributed by atoms with Crippen molar-refractivity contribution in [1.82, 2.24) is 0 Å². The lowest BCUT2D eigenvalue weighted by Gasteiger charge is -2.73. The molecule has 11 atom stereocenters. The monoisotopic (exact) mass is 863 g/mol. The molecule has 0 aromatic heterocycles. The van der Waals surface area contributed by atoms with Crippen molar-refractivity contribution in [3.63, 3.8) is 0 Å². The van der Waals surface area contributed by atoms with Crippen molar-refractivity contribution in [2.45, 2.75) is 286 Å². The molecule has 4 heteroatoms. The Morgan fingerprint density at radius 3 is 1.55 bits per heavy atom. The van der Waals surface area contributed by atoms with Gasteiger partial charge in [0.2, 0.25) is 5.78 Å². The number of hydrogen-bond donors (Lipinski definition) is 1. The second kappa shape index (κ2) is 23.5. The molecule has 0 heterocycles. The normalized spacial score (nSPS) is 36.0. The van der Waals surface area contributed by atoms with Crippen LogP contribution >= 0.6 is 0 Å². The van der Waals surface area contributed by atoms with Gasteiger partial charge in [0.1, 0.15) is 6.10 Å². The van der Waals surface area contributed by atoms with Gasteiger partial charge in [-0.15, -0.1) is 0 Å². The summed E-state index contributed by atoms with van der Waals surface area (Å²) in [6, 6.07) is 0. The van der Waals surface area contributed by atoms with E-state index in [-0.39, 0.29) is 39.8 Å². The fraction of sp³-hybridized carbons (Fsp3) is 0.931. The molecule has 62 heavy (non-hydrogen) atoms. The van der Waals surface area contributed by atoms with Gasteiger partial charge in [-0.3, -0.25) is 4.79 Å². The van der Waals surface area contributed by atoms with Crippen LogP contribution in [0.3, 0.4) is 0 Å². The number of hydrogen-bond acceptors (Lipinski definition) is 4. The average molecular weight is 863 g/mol. The Morgan fingerprint density at radius 2 is 1.06 bits per heavy atom. The third-order valence-corrected chi connectivity index (χ3v) is 20.3. The van der Waals surface area contributed by atoms with E-state index in [0.29, 0.717) is 35.5 Å². The second-order valence-corrected chi connectivity index (χ2v) is 24.5. The lowest BCUT2D eigenvalue weighted by Crippen LogP contribution is -2.70. The molecule has 0 spiro atoms. The molecule has 5 aliphatic carbocycles. The van der Waals surface area contributed by atoms with Crippen LogP contribution in [0.1, 0.15) is 274 Å². The van der Waals surface area contributed by atoms with Crippen molar-refractivity contribution in [3.8, 4) is 0 Å². The highest BCUT2D eigenvalue weighted by atomic mass is 16.6. The van der Waals surface area contributed by atoms with Crippen molar-refractivity contribution < 1.29 is 19.4 Å². The molecule has 5 fully saturated rings. The van der Waals surface area contributed by atoms with E-state index in [1.165, 1.54) is 179 Å². The summed E-state index contributed by atoms with van der Waals surface area (Å²) in [5.41, 5.74) is 1.57. The fourth-order valence-corrected chi connectivity index (χ4v) is 16.1. The number of aliphatic hydroxyl groups is 1. The second-order valence-electron chi connectivity index (χ2n) is 24.5. The van der Waals surface area contributed by atoms with Crippen molar-refractivity contribution in [2.75, 3.05) is 0 Å². The predicted molar refractivity (Wildman–Crippen MR) is 262 cm³/mol. The Hall–Kier alpha value is -1.16. The molecule has 358 valence electrons. The number of ether oxygens (including phenoxy) is 1. The zero-order chi connectivity index (χ0) is 45.0. The summed E-state index contributed by atoms with van der Waals surface area (Å²) < 4.78 is 6.43. The topological polar surface area (TPSA) is 63.6 Å². The highest BCUT2D eigenvalue weighted by molar-refractivity contribution is 6.33. The van der Waals surface area contributed by atoms with Crippen LogP contribution in [0.25, 0.3) is 0 Å². The maximum atomic E-state index is 13.7. The predicted octanol–water partition coefficient (Wildman–Crippen LogP) is 16.9. The van der Waals surface area contributed by atoms with Crippen LogP contribution in [-0.2, 0) is 14.3 Å². The minimum absolute atomic E-state index is 0.114. The standard InChI is InChI=1S/C58H102O4/c1-10-11-12-13-14-15-16-17-18-19-20-21-22-23-24-25-26-27-28-29-30-31-32-33-34-47(59)53(61)62-51-43-50(60)54(4,5)48-38-40-57(8)49(58(48,51)9)36-35-46-52-45(44(2)3)37-39-55(52,6)41-42-56(46,57)7/h45-46,48-52,60H,2,10-43H2,1,3-9H3/t45-,46+,48+,49+,50-,51?,52+,55+,56+,57+,58-/m0/s1. The van der Waals surface area contributed by atoms with Gasteiger partial charge in [0, 0.05) is 18.3 Å². The molecule has 0 radical (unpaired) electrons. The highest BCUT2D eigenvalue weighted by Gasteiger charge is 2.72. The van der Waals surface area contributed by atoms with Gasteiger partial charge < -0.3 is 9.84 Å². The molecule has 5 aliphatic rings. The van der Waals surface area contributed by atoms with Crippen LogP contribution in [0.2, 0.25) is 0 Å². The minimum atomic E-state index is -0.646. The Bertz CT molecular complexity index is 1400. The van der Waals surface area contributed by atoms with Crippen molar-refractivity contribution in [1.29, 1.82) is 0 Å². The number of Topliss-reactive ketones (excluding diaryl/α,β-unsaturated/α-hetero) is 1. The first-order valence-electron chi connectivity index (χ1n) is 27.6. The summed E-state index contributed by atoms with van der Waals surface area (Å²) in [7, 11) is 0. The van der Waals surface area contributed by atoms with E-state index in [1.807, 2.05) is 0 Å². The van der Waals surface area contributed by atoms with Crippen LogP contribution in [0.5, 0.6) is 0 Å². The van der Waals surface area contributed by atoms with E-state index in [1.54, 1.807) is 0 Å². The first-order valence-corrected chi connectivity index (χ1v) is 27.6. The van der Waals surface area contributed by atoms with E-state index < -0.39 is 18.2 Å². The first kappa shape index (κ1) is 51.8. The minimum Gasteiger partial charge on any atom is -0.456 e. The van der Waals surface area contributed by atoms with Crippen LogP contribution in [-0.4, -0.2) is 29.1 Å². The summed E-state index contributed by atoms with van der Waals surface area (Å²) in [6.07, 6.45) is 41.9. The van der Waals surface area contributed by atoms with Gasteiger partial charge >= 0.3 is 5.97 Å². The van der Waals surface area contributed by atoms with Gasteiger partial charge in [0.15, 0.2) is 0 Å². The maximum absolute atomic E-state index is 13.7. The summed E-state index contributed by atoms with van der Waals surface area (Å²) in [5, 5.41) is 11.6. The van der Waals surface area contributed by atoms with Crippen LogP contribution < -0.4 is 0 Å². The van der Waals surface area contributed by atoms with E-state index in [2.05, 4.69) is 62.0 Å². The quantitative estimate of drug-likeness (QED) is 0.0368. The number of allylic oxidation sites excluding steroid dienone is 1. The van der Waals surface area contributed by atoms with E-state index >= 15 is 0 Å². The number of ketones is 1. The molecule has 0 bridgehead atoms. The zero-order valence-electron chi connectivity index (χ0n) is 42.5. The number of rotatable bonds is 28. The number of carbonyl (C=O) groups is 2. The number of carbonyl (C=O) groups excluding carboxylic acids is 2. The van der Waals surface area contributed by atoms with Crippen molar-refractivity contribution in [2.24, 2.45) is 56.7 Å². The molecule has 0 aromatic rings. The molecule has 1 N–H and O–H groups in total. The summed E-state index contributed by atoms with van der Waals surface area (Å²) in [5.74, 6) is 1.63. The van der Waals surface area contributed by atoms with Gasteiger partial charge in [-0.2, -0.15) is 0 Å². The van der Waals surface area contributed by atoms with E-state index in [4.69, 9.17) is 4.74 Å². The first-order chi connectivity index (χ1) is 29.6. The van der Waals surface area contributed by atoms with Gasteiger partial charge in [0.05, 0.1) is 6.10 Å². The van der Waals surface area contributed by atoms with Crippen LogP contribution in [0, 0.1) is 56.7 Å². The number of fused-ring (bicyclic) bond motifs is 7. The molecule has 4 nitrogen and oxygen atoms in total. The maximum Gasteiger partial charge on any atom is 0.374 e. The van der Waals surface area contributed by atoms with Crippen LogP contribution in [0.15, 0.2) is 12.2 Å². The van der Waals surface area contributed by atoms with Gasteiger partial charge in [-0.05, 0) is 116 Å². The van der Waals surface area contributed by atoms with Crippen molar-refractivity contribution in [3.05, 3.63) is 12.2 Å². The Morgan fingerprint density at radius 1 is 0.581 bits per heavy atom. The molecular weight excluding hydrogens is 761 g/mol. The summed E-state index contributed by atoms with van der Waals surface area (Å²) >= 11 is 0. The fourth-order valence-electron chi connectivity index (χ4n) is 16.1. The van der Waals surface area contributed by atoms with Gasteiger partial charge in [0.25, 0.3) is 0 Å². The zero-order valence-corrected chi connectivity index (χ0v) is 42.5. The molecular formula is C58H102O4. The Kier molecular flexibility index (Phi) is 19.7. The molecule has 0 amide bonds. The van der Waals surface area contributed by atoms with E-state index in [9.17, 15) is 14.7 Å². The Balaban J connectivity index is 0.975. The molecule has 0 aromatic carbocycles. The molecule has 0 aliphatic heterocycles. The van der Waals surface area contributed by atoms with Crippen molar-refractivity contribution >= 4 is 11.8 Å². The number of aliphatic hydroxyl groups excluding tert-OH is 1. The highest BCUT2D eigenvalue weighted by Crippen LogP contribution is 2.77. The third-order valence-electron chi connectivity index (χ3n) is 20.3. The van der Waals surface area contributed by atoms with Crippen LogP contribution in [0.4, 0.5) is 0 Å². The summed E-state index contributed by atoms with van der Waals surface area (Å²) in [6.45, 7) is 23.9. The molecule has 5 rings (SSSR count). The average Bonchev–Trinajstić information content (AvgIpc) is 3.59. The largest absolute Gasteiger partial charge is 0.456 e. The van der Waals surface area contributed by atoms with Gasteiger partial charge in [-0.25, -0.2) is 4.79 Å². The third kappa shape index (κ3) is 11.7. The summed E-state index contributed by atoms with van der Waals surface area (Å²) in [4.78, 5) is 27.1. The molecule has 0 saturated heterocycles. The number of unbranched alkanes of at least 4 members (excludes halogenated alkanes) is 23. The van der Waals surface area contributed by atoms with Gasteiger partial charge in [-0.1, -0.05) is 208 Å². The Labute approximate surface area is 384 Å². The number of esters is 1. The smallest absolute Gasteiger partial charge is 0.374 e.